The average Bonchev–Trinajstić information content (AvgIpc) is 3.74. The van der Waals surface area contributed by atoms with Crippen LogP contribution in [0, 0.1) is 0 Å². The van der Waals surface area contributed by atoms with Crippen molar-refractivity contribution in [3.05, 3.63) is 48.6 Å². The predicted molar refractivity (Wildman–Crippen MR) is 395 cm³/mol. The van der Waals surface area contributed by atoms with Gasteiger partial charge in [0.25, 0.3) is 0 Å². The average molecular weight is 1300 g/mol. The van der Waals surface area contributed by atoms with Crippen LogP contribution in [0.2, 0.25) is 0 Å². The van der Waals surface area contributed by atoms with Crippen LogP contribution in [0.3, 0.4) is 0 Å². The molecule has 0 bridgehead atoms. The van der Waals surface area contributed by atoms with Crippen molar-refractivity contribution in [3.8, 4) is 0 Å². The first-order chi connectivity index (χ1) is 44.8. The molecular formula is C81H154NO8P. The number of allylic oxidation sites excluding steroid dienone is 8. The minimum Gasteiger partial charge on any atom is -0.462 e. The van der Waals surface area contributed by atoms with Gasteiger partial charge in [-0.1, -0.05) is 409 Å². The molecule has 0 aromatic heterocycles. The third kappa shape index (κ3) is 76.9. The number of phosphoric ester groups is 1. The van der Waals surface area contributed by atoms with E-state index in [0.717, 1.165) is 57.8 Å². The van der Waals surface area contributed by atoms with Crippen LogP contribution in [-0.4, -0.2) is 49.3 Å². The van der Waals surface area contributed by atoms with Gasteiger partial charge in [0.1, 0.15) is 6.61 Å². The van der Waals surface area contributed by atoms with E-state index in [9.17, 15) is 19.0 Å². The lowest BCUT2D eigenvalue weighted by Gasteiger charge is -2.19. The number of esters is 2. The van der Waals surface area contributed by atoms with Crippen LogP contribution in [0.25, 0.3) is 0 Å². The second kappa shape index (κ2) is 77.0. The van der Waals surface area contributed by atoms with Crippen LogP contribution >= 0.6 is 7.82 Å². The molecule has 0 saturated carbocycles. The number of hydrogen-bond acceptors (Lipinski definition) is 8. The summed E-state index contributed by atoms with van der Waals surface area (Å²) in [6, 6.07) is 0. The molecule has 0 saturated heterocycles. The highest BCUT2D eigenvalue weighted by molar-refractivity contribution is 7.47. The van der Waals surface area contributed by atoms with Crippen molar-refractivity contribution in [1.29, 1.82) is 0 Å². The van der Waals surface area contributed by atoms with E-state index in [1.54, 1.807) is 0 Å². The van der Waals surface area contributed by atoms with E-state index < -0.39 is 26.5 Å². The van der Waals surface area contributed by atoms with Gasteiger partial charge in [-0.15, -0.1) is 0 Å². The van der Waals surface area contributed by atoms with Gasteiger partial charge in [0, 0.05) is 19.4 Å². The molecule has 0 aliphatic heterocycles. The van der Waals surface area contributed by atoms with Crippen LogP contribution < -0.4 is 5.73 Å². The molecule has 0 rings (SSSR count). The standard InChI is InChI=1S/C81H154NO8P/c1-3-5-7-9-11-13-15-17-19-21-23-25-27-29-31-33-35-37-38-39-40-42-43-45-47-49-51-53-55-57-59-61-63-65-67-69-71-73-80(83)87-77-79(78-89-91(85,86)88-76-75-82)90-81(84)74-72-70-68-66-64-62-60-58-56-54-52-50-48-46-44-41-36-34-32-30-28-26-24-22-20-18-16-14-12-10-8-6-4-2/h6,8,12,14,18,20,24,26,79H,3-5,7,9-11,13,15-17,19,21-23,25,27-78,82H2,1-2H3,(H,85,86)/b8-6-,14-12-,20-18-,26-24-. The first kappa shape index (κ1) is 89.0. The van der Waals surface area contributed by atoms with Crippen molar-refractivity contribution in [1.82, 2.24) is 0 Å². The normalized spacial score (nSPS) is 13.1. The Kier molecular flexibility index (Phi) is 75.3. The van der Waals surface area contributed by atoms with Crippen molar-refractivity contribution < 1.29 is 37.6 Å². The lowest BCUT2D eigenvalue weighted by atomic mass is 10.0. The molecule has 0 fully saturated rings. The summed E-state index contributed by atoms with van der Waals surface area (Å²) >= 11 is 0. The molecule has 10 heteroatoms. The summed E-state index contributed by atoms with van der Waals surface area (Å²) in [5.41, 5.74) is 5.42. The fraction of sp³-hybridized carbons (Fsp3) is 0.877. The summed E-state index contributed by atoms with van der Waals surface area (Å²) in [5, 5.41) is 0. The lowest BCUT2D eigenvalue weighted by Crippen LogP contribution is -2.29. The van der Waals surface area contributed by atoms with E-state index in [1.165, 1.54) is 334 Å². The van der Waals surface area contributed by atoms with Gasteiger partial charge in [-0.2, -0.15) is 0 Å². The third-order valence-corrected chi connectivity index (χ3v) is 19.2. The highest BCUT2D eigenvalue weighted by atomic mass is 31.2. The molecule has 536 valence electrons. The van der Waals surface area contributed by atoms with Gasteiger partial charge < -0.3 is 20.1 Å². The Morgan fingerprint density at radius 1 is 0.341 bits per heavy atom. The molecule has 0 aromatic rings. The van der Waals surface area contributed by atoms with Gasteiger partial charge >= 0.3 is 19.8 Å². The van der Waals surface area contributed by atoms with E-state index in [4.69, 9.17) is 24.3 Å². The van der Waals surface area contributed by atoms with E-state index in [1.807, 2.05) is 0 Å². The van der Waals surface area contributed by atoms with Crippen LogP contribution in [0.1, 0.15) is 425 Å². The highest BCUT2D eigenvalue weighted by Crippen LogP contribution is 2.43. The maximum Gasteiger partial charge on any atom is 0.472 e. The second-order valence-electron chi connectivity index (χ2n) is 27.3. The fourth-order valence-corrected chi connectivity index (χ4v) is 13.1. The van der Waals surface area contributed by atoms with Crippen molar-refractivity contribution >= 4 is 19.8 Å². The Labute approximate surface area is 566 Å². The molecule has 91 heavy (non-hydrogen) atoms. The largest absolute Gasteiger partial charge is 0.472 e. The summed E-state index contributed by atoms with van der Waals surface area (Å²) in [6.45, 7) is 3.72. The topological polar surface area (TPSA) is 134 Å². The molecule has 0 heterocycles. The zero-order valence-corrected chi connectivity index (χ0v) is 61.5. The Bertz CT molecular complexity index is 1630. The van der Waals surface area contributed by atoms with E-state index in [-0.39, 0.29) is 38.6 Å². The van der Waals surface area contributed by atoms with Crippen LogP contribution in [0.4, 0.5) is 0 Å². The zero-order valence-electron chi connectivity index (χ0n) is 60.6. The van der Waals surface area contributed by atoms with Gasteiger partial charge in [0.15, 0.2) is 6.10 Å². The molecule has 0 aromatic carbocycles. The molecule has 0 aliphatic carbocycles. The van der Waals surface area contributed by atoms with Gasteiger partial charge in [0.2, 0.25) is 0 Å². The maximum atomic E-state index is 12.8. The summed E-state index contributed by atoms with van der Waals surface area (Å²) in [5.74, 6) is -0.802. The molecule has 2 atom stereocenters. The first-order valence-corrected chi connectivity index (χ1v) is 41.6. The fourth-order valence-electron chi connectivity index (χ4n) is 12.3. The van der Waals surface area contributed by atoms with Crippen molar-refractivity contribution in [3.63, 3.8) is 0 Å². The van der Waals surface area contributed by atoms with Gasteiger partial charge in [-0.3, -0.25) is 18.6 Å². The molecule has 2 unspecified atom stereocenters. The number of ether oxygens (including phenoxy) is 2. The van der Waals surface area contributed by atoms with Crippen molar-refractivity contribution in [2.24, 2.45) is 5.73 Å². The molecule has 0 radical (unpaired) electrons. The summed E-state index contributed by atoms with van der Waals surface area (Å²) in [7, 11) is -4.39. The van der Waals surface area contributed by atoms with Crippen molar-refractivity contribution in [2.45, 2.75) is 431 Å². The highest BCUT2D eigenvalue weighted by Gasteiger charge is 2.26. The van der Waals surface area contributed by atoms with Crippen LogP contribution in [-0.2, 0) is 32.7 Å². The summed E-state index contributed by atoms with van der Waals surface area (Å²) in [6.07, 6.45) is 99.8. The smallest absolute Gasteiger partial charge is 0.462 e. The van der Waals surface area contributed by atoms with Gasteiger partial charge in [-0.25, -0.2) is 4.57 Å². The Hall–Kier alpha value is -2.03. The van der Waals surface area contributed by atoms with Gasteiger partial charge in [-0.05, 0) is 51.4 Å². The van der Waals surface area contributed by atoms with Crippen LogP contribution in [0.5, 0.6) is 0 Å². The van der Waals surface area contributed by atoms with Gasteiger partial charge in [0.05, 0.1) is 13.2 Å². The number of phosphoric acid groups is 1. The number of hydrogen-bond donors (Lipinski definition) is 2. The number of nitrogens with two attached hydrogens (primary N) is 1. The predicted octanol–water partition coefficient (Wildman–Crippen LogP) is 26.8. The minimum absolute atomic E-state index is 0.0560. The molecular weight excluding hydrogens is 1150 g/mol. The van der Waals surface area contributed by atoms with E-state index in [0.29, 0.717) is 6.42 Å². The van der Waals surface area contributed by atoms with E-state index >= 15 is 0 Å². The lowest BCUT2D eigenvalue weighted by molar-refractivity contribution is -0.161. The minimum atomic E-state index is -4.39. The first-order valence-electron chi connectivity index (χ1n) is 40.1. The number of rotatable bonds is 77. The van der Waals surface area contributed by atoms with E-state index in [2.05, 4.69) is 62.5 Å². The maximum absolute atomic E-state index is 12.8. The number of carbonyl (C=O) groups excluding carboxylic acids is 2. The molecule has 0 aliphatic rings. The quantitative estimate of drug-likeness (QED) is 0.0264. The molecule has 3 N–H and O–H groups in total. The Morgan fingerprint density at radius 2 is 0.604 bits per heavy atom. The summed E-state index contributed by atoms with van der Waals surface area (Å²) < 4.78 is 33.3. The SMILES string of the molecule is CC/C=C\C/C=C\C/C=C\C/C=C\CCCCCCCCCCCCCCCCCCCCCCC(=O)OC(COC(=O)CCCCCCCCCCCCCCCCCCCCCCCCCCCCCCCCCCCCCCC)COP(=O)(O)OCCN. The number of unbranched alkanes of at least 4 members (excludes halogenated alkanes) is 56. The summed E-state index contributed by atoms with van der Waals surface area (Å²) in [4.78, 5) is 35.5. The monoisotopic (exact) mass is 1300 g/mol. The molecule has 0 spiro atoms. The Morgan fingerprint density at radius 3 is 0.901 bits per heavy atom. The van der Waals surface area contributed by atoms with Crippen LogP contribution in [0.15, 0.2) is 48.6 Å². The zero-order chi connectivity index (χ0) is 65.8. The third-order valence-electron chi connectivity index (χ3n) is 18.2. The number of carbonyl (C=O) groups is 2. The Balaban J connectivity index is 3.74. The van der Waals surface area contributed by atoms with Crippen molar-refractivity contribution in [2.75, 3.05) is 26.4 Å². The second-order valence-corrected chi connectivity index (χ2v) is 28.7. The molecule has 0 amide bonds. The molecule has 9 nitrogen and oxygen atoms in total.